The summed E-state index contributed by atoms with van der Waals surface area (Å²) in [6.07, 6.45) is 16.7. The molecular formula is C32H42N2O. The van der Waals surface area contributed by atoms with Crippen molar-refractivity contribution in [2.24, 2.45) is 34.0 Å². The van der Waals surface area contributed by atoms with Crippen molar-refractivity contribution in [2.75, 3.05) is 7.05 Å². The van der Waals surface area contributed by atoms with Crippen molar-refractivity contribution >= 4 is 22.3 Å². The molecule has 4 aliphatic carbocycles. The lowest BCUT2D eigenvalue weighted by atomic mass is 9.39. The fourth-order valence-electron chi connectivity index (χ4n) is 9.77. The van der Waals surface area contributed by atoms with Crippen LogP contribution in [0.4, 0.5) is 0 Å². The van der Waals surface area contributed by atoms with Gasteiger partial charge in [0.15, 0.2) is 0 Å². The summed E-state index contributed by atoms with van der Waals surface area (Å²) in [5.74, 6) is 2.50. The predicted molar refractivity (Wildman–Crippen MR) is 144 cm³/mol. The fraction of sp³-hybridized carbons (Fsp3) is 0.625. The Bertz CT molecular complexity index is 1200. The first-order chi connectivity index (χ1) is 16.7. The van der Waals surface area contributed by atoms with Crippen LogP contribution in [0.3, 0.4) is 0 Å². The number of aromatic nitrogens is 1. The van der Waals surface area contributed by atoms with Crippen molar-refractivity contribution < 1.29 is 4.79 Å². The summed E-state index contributed by atoms with van der Waals surface area (Å²) in [6.45, 7) is 9.60. The van der Waals surface area contributed by atoms with Crippen molar-refractivity contribution in [1.29, 1.82) is 0 Å². The molecule has 1 heterocycles. The van der Waals surface area contributed by atoms with Crippen molar-refractivity contribution in [1.82, 2.24) is 9.88 Å². The van der Waals surface area contributed by atoms with Gasteiger partial charge in [0, 0.05) is 37.8 Å². The predicted octanol–water partition coefficient (Wildman–Crippen LogP) is 7.51. The third-order valence-electron chi connectivity index (χ3n) is 11.8. The third-order valence-corrected chi connectivity index (χ3v) is 11.8. The van der Waals surface area contributed by atoms with Crippen LogP contribution in [0.25, 0.3) is 16.3 Å². The van der Waals surface area contributed by atoms with Crippen molar-refractivity contribution in [3.05, 3.63) is 48.3 Å². The van der Waals surface area contributed by atoms with Crippen LogP contribution < -0.4 is 0 Å². The summed E-state index contributed by atoms with van der Waals surface area (Å²) in [7, 11) is 2.02. The van der Waals surface area contributed by atoms with Gasteiger partial charge in [0.2, 0.25) is 5.91 Å². The largest absolute Gasteiger partial charge is 0.343 e. The monoisotopic (exact) mass is 470 g/mol. The molecular weight excluding hydrogens is 428 g/mol. The molecule has 3 fully saturated rings. The zero-order valence-electron chi connectivity index (χ0n) is 22.3. The summed E-state index contributed by atoms with van der Waals surface area (Å²) in [5, 5.41) is 2.52. The maximum Gasteiger partial charge on any atom is 0.219 e. The van der Waals surface area contributed by atoms with Crippen LogP contribution in [0.1, 0.15) is 84.6 Å². The maximum absolute atomic E-state index is 12.1. The van der Waals surface area contributed by atoms with Crippen molar-refractivity contribution in [3.63, 3.8) is 0 Å². The van der Waals surface area contributed by atoms with Crippen LogP contribution in [0.5, 0.6) is 0 Å². The molecule has 0 unspecified atom stereocenters. The van der Waals surface area contributed by atoms with E-state index in [9.17, 15) is 4.79 Å². The van der Waals surface area contributed by atoms with Crippen molar-refractivity contribution in [3.8, 4) is 0 Å². The Hall–Kier alpha value is -2.16. The summed E-state index contributed by atoms with van der Waals surface area (Å²) in [4.78, 5) is 18.5. The summed E-state index contributed by atoms with van der Waals surface area (Å²) in [6, 6.07) is 9.55. The number of amides is 1. The number of carbonyl (C=O) groups excluding carboxylic acids is 1. The molecule has 3 saturated carbocycles. The number of benzene rings is 1. The molecule has 0 N–H and O–H groups in total. The highest BCUT2D eigenvalue weighted by Crippen LogP contribution is 2.72. The molecule has 1 amide bonds. The van der Waals surface area contributed by atoms with E-state index in [0.717, 1.165) is 17.8 Å². The lowest BCUT2D eigenvalue weighted by Gasteiger charge is -2.66. The van der Waals surface area contributed by atoms with Crippen LogP contribution in [-0.4, -0.2) is 28.9 Å². The molecule has 0 saturated heterocycles. The molecule has 0 radical (unpaired) electrons. The van der Waals surface area contributed by atoms with E-state index in [1.54, 1.807) is 12.5 Å². The Kier molecular flexibility index (Phi) is 5.26. The molecule has 0 spiro atoms. The second kappa shape index (κ2) is 7.92. The molecule has 1 aromatic carbocycles. The standard InChI is InChI=1S/C32H42N2O/c1-21(35)34(5)26-11-15-30(2)25(19-26)10-14-32(4)28-9-8-27(31(28,3)16-12-29(30)32)23-7-6-22-13-17-33-20-24(22)18-23/h6-8,13,17-18,20,25-26,28-29H,9-12,14-16,19H2,1-5H3/t25-,26-,28+,29+,30-,31+,32-/m0/s1. The number of rotatable bonds is 2. The average molecular weight is 471 g/mol. The molecule has 35 heavy (non-hydrogen) atoms. The number of allylic oxidation sites excluding steroid dienone is 2. The van der Waals surface area contributed by atoms with E-state index in [2.05, 4.69) is 56.1 Å². The number of hydrogen-bond donors (Lipinski definition) is 0. The van der Waals surface area contributed by atoms with Crippen molar-refractivity contribution in [2.45, 2.75) is 85.1 Å². The summed E-state index contributed by atoms with van der Waals surface area (Å²) < 4.78 is 0. The van der Waals surface area contributed by atoms with Gasteiger partial charge in [-0.25, -0.2) is 0 Å². The SMILES string of the molecule is CC(=O)N(C)[C@H]1CC[C@@]2(C)[C@@H](CC[C@]3(C)[C@@H]2CC[C@]2(C)C(c4ccc5ccncc5c4)=CC[C@@H]32)C1. The molecule has 1 aromatic heterocycles. The van der Waals surface area contributed by atoms with Crippen LogP contribution in [0.15, 0.2) is 42.7 Å². The Labute approximate surface area is 211 Å². The van der Waals surface area contributed by atoms with Gasteiger partial charge in [0.25, 0.3) is 0 Å². The minimum atomic E-state index is 0.224. The highest BCUT2D eigenvalue weighted by atomic mass is 16.2. The van der Waals surface area contributed by atoms with E-state index in [1.807, 2.05) is 24.3 Å². The first kappa shape index (κ1) is 23.3. The first-order valence-electron chi connectivity index (χ1n) is 13.9. The number of carbonyl (C=O) groups is 1. The summed E-state index contributed by atoms with van der Waals surface area (Å²) >= 11 is 0. The molecule has 2 aromatic rings. The third kappa shape index (κ3) is 3.29. The highest BCUT2D eigenvalue weighted by Gasteiger charge is 2.63. The number of fused-ring (bicyclic) bond motifs is 6. The second-order valence-electron chi connectivity index (χ2n) is 13.2. The molecule has 3 heteroatoms. The van der Waals surface area contributed by atoms with Gasteiger partial charge in [0.1, 0.15) is 0 Å². The van der Waals surface area contributed by atoms with Gasteiger partial charge in [0.05, 0.1) is 0 Å². The molecule has 0 aliphatic heterocycles. The number of nitrogens with zero attached hydrogens (tertiary/aromatic N) is 2. The fourth-order valence-corrected chi connectivity index (χ4v) is 9.77. The maximum atomic E-state index is 12.1. The lowest BCUT2D eigenvalue weighted by Crippen LogP contribution is -2.59. The number of pyridine rings is 1. The zero-order valence-corrected chi connectivity index (χ0v) is 22.3. The molecule has 186 valence electrons. The van der Waals surface area contributed by atoms with Gasteiger partial charge in [-0.15, -0.1) is 0 Å². The molecule has 0 bridgehead atoms. The minimum Gasteiger partial charge on any atom is -0.343 e. The van der Waals surface area contributed by atoms with Gasteiger partial charge < -0.3 is 4.90 Å². The first-order valence-corrected chi connectivity index (χ1v) is 13.9. The van der Waals surface area contributed by atoms with Crippen LogP contribution >= 0.6 is 0 Å². The van der Waals surface area contributed by atoms with Gasteiger partial charge in [-0.05, 0) is 114 Å². The van der Waals surface area contributed by atoms with Crippen LogP contribution in [0.2, 0.25) is 0 Å². The Balaban J connectivity index is 1.29. The zero-order chi connectivity index (χ0) is 24.6. The van der Waals surface area contributed by atoms with Gasteiger partial charge in [-0.3, -0.25) is 9.78 Å². The molecule has 7 atom stereocenters. The van der Waals surface area contributed by atoms with E-state index >= 15 is 0 Å². The molecule has 6 rings (SSSR count). The molecule has 4 aliphatic rings. The molecule has 3 nitrogen and oxygen atoms in total. The smallest absolute Gasteiger partial charge is 0.219 e. The lowest BCUT2D eigenvalue weighted by molar-refractivity contribution is -0.161. The van der Waals surface area contributed by atoms with Crippen LogP contribution in [-0.2, 0) is 4.79 Å². The minimum absolute atomic E-state index is 0.224. The van der Waals surface area contributed by atoms with Crippen LogP contribution in [0, 0.1) is 34.0 Å². The van der Waals surface area contributed by atoms with Gasteiger partial charge in [-0.2, -0.15) is 0 Å². The van der Waals surface area contributed by atoms with E-state index in [-0.39, 0.29) is 11.3 Å². The Morgan fingerprint density at radius 3 is 2.57 bits per heavy atom. The van der Waals surface area contributed by atoms with E-state index in [0.29, 0.717) is 16.9 Å². The average Bonchev–Trinajstić information content (AvgIpc) is 3.21. The van der Waals surface area contributed by atoms with E-state index < -0.39 is 0 Å². The van der Waals surface area contributed by atoms with E-state index in [1.165, 1.54) is 67.7 Å². The Morgan fingerprint density at radius 2 is 1.77 bits per heavy atom. The summed E-state index contributed by atoms with van der Waals surface area (Å²) in [5.41, 5.74) is 4.07. The topological polar surface area (TPSA) is 33.2 Å². The normalized spacial score (nSPS) is 40.4. The van der Waals surface area contributed by atoms with Gasteiger partial charge in [-0.1, -0.05) is 39.0 Å². The second-order valence-corrected chi connectivity index (χ2v) is 13.2. The quantitative estimate of drug-likeness (QED) is 0.455. The number of hydrogen-bond acceptors (Lipinski definition) is 2. The Morgan fingerprint density at radius 1 is 0.971 bits per heavy atom. The van der Waals surface area contributed by atoms with Gasteiger partial charge >= 0.3 is 0 Å². The van der Waals surface area contributed by atoms with E-state index in [4.69, 9.17) is 0 Å². The highest BCUT2D eigenvalue weighted by molar-refractivity contribution is 5.87.